The summed E-state index contributed by atoms with van der Waals surface area (Å²) in [5.74, 6) is 0. The van der Waals surface area contributed by atoms with Crippen molar-refractivity contribution in [3.8, 4) is 11.1 Å². The Morgan fingerprint density at radius 3 is 2.21 bits per heavy atom. The zero-order valence-electron chi connectivity index (χ0n) is 16.2. The summed E-state index contributed by atoms with van der Waals surface area (Å²) >= 11 is 0. The quantitative estimate of drug-likeness (QED) is 0.445. The Balaban J connectivity index is 1.85. The van der Waals surface area contributed by atoms with E-state index in [-0.39, 0.29) is 0 Å². The first-order chi connectivity index (χ1) is 14.2. The Labute approximate surface area is 170 Å². The van der Waals surface area contributed by atoms with Crippen molar-refractivity contribution in [3.05, 3.63) is 103 Å². The maximum Gasteiger partial charge on any atom is 0.425 e. The van der Waals surface area contributed by atoms with Gasteiger partial charge in [0.05, 0.1) is 19.3 Å². The lowest BCUT2D eigenvalue weighted by atomic mass is 9.99. The van der Waals surface area contributed by atoms with E-state index in [1.807, 2.05) is 65.7 Å². The summed E-state index contributed by atoms with van der Waals surface area (Å²) in [6.45, 7) is 0.512. The molecule has 1 N–H and O–H groups in total. The van der Waals surface area contributed by atoms with Crippen LogP contribution in [0.25, 0.3) is 21.9 Å². The van der Waals surface area contributed by atoms with Gasteiger partial charge in [-0.15, -0.1) is 0 Å². The zero-order chi connectivity index (χ0) is 20.1. The van der Waals surface area contributed by atoms with Gasteiger partial charge in [0.15, 0.2) is 0 Å². The van der Waals surface area contributed by atoms with E-state index in [9.17, 15) is 4.79 Å². The lowest BCUT2D eigenvalue weighted by Gasteiger charge is -2.27. The van der Waals surface area contributed by atoms with Crippen LogP contribution in [-0.2, 0) is 11.3 Å². The highest BCUT2D eigenvalue weighted by molar-refractivity contribution is 5.98. The minimum Gasteiger partial charge on any atom is -0.452 e. The van der Waals surface area contributed by atoms with Crippen molar-refractivity contribution in [2.24, 2.45) is 0 Å². The number of hydrazine groups is 1. The molecule has 0 saturated heterocycles. The van der Waals surface area contributed by atoms with Gasteiger partial charge in [-0.25, -0.2) is 10.2 Å². The molecule has 0 saturated carbocycles. The van der Waals surface area contributed by atoms with Gasteiger partial charge in [-0.3, -0.25) is 5.01 Å². The van der Waals surface area contributed by atoms with E-state index >= 15 is 0 Å². The molecule has 0 bridgehead atoms. The van der Waals surface area contributed by atoms with Crippen LogP contribution in [0.4, 0.5) is 10.5 Å². The van der Waals surface area contributed by atoms with Gasteiger partial charge in [0.25, 0.3) is 0 Å². The number of hydrogen-bond acceptors (Lipinski definition) is 3. The van der Waals surface area contributed by atoms with Gasteiger partial charge in [0.1, 0.15) is 0 Å². The molecule has 144 valence electrons. The number of carbonyl (C=O) groups excluding carboxylic acids is 1. The van der Waals surface area contributed by atoms with Crippen molar-refractivity contribution in [1.29, 1.82) is 0 Å². The SMILES string of the molecule is COC(=O)NN(Cc1ccccc1)c1cc(-c2ccccc2)cc2ccccc12. The zero-order valence-corrected chi connectivity index (χ0v) is 16.2. The molecular formula is C25H22N2O2. The van der Waals surface area contributed by atoms with Gasteiger partial charge in [-0.1, -0.05) is 84.9 Å². The standard InChI is InChI=1S/C25H22N2O2/c1-29-25(28)26-27(18-19-10-4-2-5-11-19)24-17-22(20-12-6-3-7-13-20)16-21-14-8-9-15-23(21)24/h2-17H,18H2,1H3,(H,26,28). The van der Waals surface area contributed by atoms with Crippen LogP contribution in [0.5, 0.6) is 0 Å². The largest absolute Gasteiger partial charge is 0.452 e. The van der Waals surface area contributed by atoms with E-state index in [2.05, 4.69) is 41.8 Å². The Hall–Kier alpha value is -3.79. The topological polar surface area (TPSA) is 41.6 Å². The number of methoxy groups -OCH3 is 1. The average molecular weight is 382 g/mol. The molecule has 4 heteroatoms. The van der Waals surface area contributed by atoms with E-state index in [1.54, 1.807) is 0 Å². The first-order valence-electron chi connectivity index (χ1n) is 9.49. The molecule has 1 amide bonds. The fourth-order valence-corrected chi connectivity index (χ4v) is 3.42. The van der Waals surface area contributed by atoms with E-state index in [1.165, 1.54) is 7.11 Å². The molecule has 0 spiro atoms. The molecule has 0 aromatic heterocycles. The maximum absolute atomic E-state index is 12.1. The Bertz CT molecular complexity index is 1110. The molecule has 0 aliphatic rings. The molecule has 4 aromatic carbocycles. The van der Waals surface area contributed by atoms with E-state index in [0.717, 1.165) is 33.2 Å². The fourth-order valence-electron chi connectivity index (χ4n) is 3.42. The minimum atomic E-state index is -0.505. The second-order valence-corrected chi connectivity index (χ2v) is 6.76. The normalized spacial score (nSPS) is 10.5. The first-order valence-corrected chi connectivity index (χ1v) is 9.49. The lowest BCUT2D eigenvalue weighted by molar-refractivity contribution is 0.169. The van der Waals surface area contributed by atoms with Crippen LogP contribution in [0.15, 0.2) is 97.1 Å². The number of hydrogen-bond donors (Lipinski definition) is 1. The number of carbonyl (C=O) groups is 1. The molecule has 4 rings (SSSR count). The number of anilines is 1. The van der Waals surface area contributed by atoms with Crippen LogP contribution in [0.3, 0.4) is 0 Å². The summed E-state index contributed by atoms with van der Waals surface area (Å²) in [6, 6.07) is 32.7. The molecule has 0 heterocycles. The maximum atomic E-state index is 12.1. The van der Waals surface area contributed by atoms with E-state index in [0.29, 0.717) is 6.54 Å². The predicted molar refractivity (Wildman–Crippen MR) is 118 cm³/mol. The van der Waals surface area contributed by atoms with Gasteiger partial charge in [-0.05, 0) is 34.2 Å². The highest BCUT2D eigenvalue weighted by atomic mass is 16.5. The summed E-state index contributed by atoms with van der Waals surface area (Å²) in [4.78, 5) is 12.1. The number of fused-ring (bicyclic) bond motifs is 1. The van der Waals surface area contributed by atoms with E-state index in [4.69, 9.17) is 4.74 Å². The number of benzene rings is 4. The van der Waals surface area contributed by atoms with Gasteiger partial charge in [0, 0.05) is 5.39 Å². The number of amides is 1. The third-order valence-electron chi connectivity index (χ3n) is 4.83. The van der Waals surface area contributed by atoms with Gasteiger partial charge in [0.2, 0.25) is 0 Å². The summed E-state index contributed by atoms with van der Waals surface area (Å²) in [5.41, 5.74) is 7.08. The third-order valence-corrected chi connectivity index (χ3v) is 4.83. The van der Waals surface area contributed by atoms with Crippen LogP contribution >= 0.6 is 0 Å². The number of rotatable bonds is 5. The smallest absolute Gasteiger partial charge is 0.425 e. The van der Waals surface area contributed by atoms with Crippen molar-refractivity contribution < 1.29 is 9.53 Å². The molecule has 4 nitrogen and oxygen atoms in total. The molecule has 0 radical (unpaired) electrons. The molecule has 0 aliphatic carbocycles. The molecule has 0 atom stereocenters. The van der Waals surface area contributed by atoms with E-state index < -0.39 is 6.09 Å². The first kappa shape index (κ1) is 18.6. The summed E-state index contributed by atoms with van der Waals surface area (Å²) in [5, 5.41) is 4.00. The number of ether oxygens (including phenoxy) is 1. The second-order valence-electron chi connectivity index (χ2n) is 6.76. The Kier molecular flexibility index (Phi) is 5.43. The Morgan fingerprint density at radius 1 is 0.828 bits per heavy atom. The lowest BCUT2D eigenvalue weighted by Crippen LogP contribution is -2.42. The third kappa shape index (κ3) is 4.22. The summed E-state index contributed by atoms with van der Waals surface area (Å²) < 4.78 is 4.88. The molecule has 4 aromatic rings. The summed E-state index contributed by atoms with van der Waals surface area (Å²) in [7, 11) is 1.37. The van der Waals surface area contributed by atoms with Crippen molar-refractivity contribution in [3.63, 3.8) is 0 Å². The molecular weight excluding hydrogens is 360 g/mol. The summed E-state index contributed by atoms with van der Waals surface area (Å²) in [6.07, 6.45) is -0.505. The molecule has 29 heavy (non-hydrogen) atoms. The highest BCUT2D eigenvalue weighted by Gasteiger charge is 2.16. The molecule has 0 unspecified atom stereocenters. The number of nitrogens with one attached hydrogen (secondary N) is 1. The molecule has 0 aliphatic heterocycles. The number of nitrogens with zero attached hydrogens (tertiary/aromatic N) is 1. The second kappa shape index (κ2) is 8.48. The van der Waals surface area contributed by atoms with Crippen molar-refractivity contribution in [1.82, 2.24) is 5.43 Å². The Morgan fingerprint density at radius 2 is 1.48 bits per heavy atom. The van der Waals surface area contributed by atoms with Crippen LogP contribution in [0.2, 0.25) is 0 Å². The molecule has 0 fully saturated rings. The average Bonchev–Trinajstić information content (AvgIpc) is 2.79. The minimum absolute atomic E-state index is 0.505. The van der Waals surface area contributed by atoms with Crippen LogP contribution in [0.1, 0.15) is 5.56 Å². The van der Waals surface area contributed by atoms with Crippen molar-refractivity contribution >= 4 is 22.6 Å². The van der Waals surface area contributed by atoms with Crippen LogP contribution in [-0.4, -0.2) is 13.2 Å². The van der Waals surface area contributed by atoms with Gasteiger partial charge >= 0.3 is 6.09 Å². The van der Waals surface area contributed by atoms with Crippen LogP contribution in [0, 0.1) is 0 Å². The monoisotopic (exact) mass is 382 g/mol. The highest BCUT2D eigenvalue weighted by Crippen LogP contribution is 2.33. The fraction of sp³-hybridized carbons (Fsp3) is 0.0800. The van der Waals surface area contributed by atoms with Crippen molar-refractivity contribution in [2.75, 3.05) is 12.1 Å². The van der Waals surface area contributed by atoms with Gasteiger partial charge in [-0.2, -0.15) is 0 Å². The predicted octanol–water partition coefficient (Wildman–Crippen LogP) is 5.78. The van der Waals surface area contributed by atoms with Gasteiger partial charge < -0.3 is 4.74 Å². The van der Waals surface area contributed by atoms with Crippen LogP contribution < -0.4 is 10.4 Å². The van der Waals surface area contributed by atoms with Crippen molar-refractivity contribution in [2.45, 2.75) is 6.54 Å².